The van der Waals surface area contributed by atoms with Crippen LogP contribution in [0.25, 0.3) is 0 Å². The Morgan fingerprint density at radius 1 is 1.24 bits per heavy atom. The number of amides is 1. The van der Waals surface area contributed by atoms with E-state index in [4.69, 9.17) is 10.00 Å². The molecular formula is C16H20N2O3. The van der Waals surface area contributed by atoms with E-state index >= 15 is 0 Å². The quantitative estimate of drug-likeness (QED) is 0.617. The van der Waals surface area contributed by atoms with Crippen LogP contribution in [0.15, 0.2) is 30.3 Å². The Morgan fingerprint density at radius 2 is 1.86 bits per heavy atom. The fourth-order valence-electron chi connectivity index (χ4n) is 1.65. The average molecular weight is 288 g/mol. The molecule has 1 aromatic carbocycles. The topological polar surface area (TPSA) is 70.4 Å². The molecule has 0 N–H and O–H groups in total. The molecule has 0 aromatic heterocycles. The molecule has 1 rings (SSSR count). The lowest BCUT2D eigenvalue weighted by molar-refractivity contribution is 0.0274. The molecule has 21 heavy (non-hydrogen) atoms. The van der Waals surface area contributed by atoms with Crippen LogP contribution in [0.1, 0.15) is 37.6 Å². The van der Waals surface area contributed by atoms with Gasteiger partial charge in [0.25, 0.3) is 0 Å². The Bertz CT molecular complexity index is 527. The third-order valence-electron chi connectivity index (χ3n) is 2.62. The third-order valence-corrected chi connectivity index (χ3v) is 2.62. The minimum Gasteiger partial charge on any atom is -0.444 e. The second-order valence-electron chi connectivity index (χ2n) is 5.60. The van der Waals surface area contributed by atoms with Gasteiger partial charge in [-0.2, -0.15) is 5.26 Å². The van der Waals surface area contributed by atoms with Gasteiger partial charge >= 0.3 is 6.09 Å². The number of ketones is 1. The number of nitrogens with zero attached hydrogens (tertiary/aromatic N) is 2. The van der Waals surface area contributed by atoms with Crippen molar-refractivity contribution in [1.29, 1.82) is 5.26 Å². The van der Waals surface area contributed by atoms with Gasteiger partial charge in [-0.3, -0.25) is 9.69 Å². The molecule has 0 unspecified atom stereocenters. The molecule has 0 saturated heterocycles. The molecule has 112 valence electrons. The predicted molar refractivity (Wildman–Crippen MR) is 78.8 cm³/mol. The number of Topliss-reactive ketones (excluding diaryl/α,β-unsaturated/α-hetero) is 1. The van der Waals surface area contributed by atoms with Gasteiger partial charge in [0.1, 0.15) is 12.1 Å². The van der Waals surface area contributed by atoms with Crippen LogP contribution in [0.2, 0.25) is 0 Å². The van der Waals surface area contributed by atoms with E-state index in [9.17, 15) is 9.59 Å². The van der Waals surface area contributed by atoms with Crippen LogP contribution in [-0.2, 0) is 4.74 Å². The summed E-state index contributed by atoms with van der Waals surface area (Å²) in [6.45, 7) is 5.33. The number of carbonyl (C=O) groups is 2. The third kappa shape index (κ3) is 6.09. The monoisotopic (exact) mass is 288 g/mol. The van der Waals surface area contributed by atoms with Gasteiger partial charge in [0.15, 0.2) is 5.78 Å². The summed E-state index contributed by atoms with van der Waals surface area (Å²) >= 11 is 0. The van der Waals surface area contributed by atoms with Crippen molar-refractivity contribution in [2.24, 2.45) is 0 Å². The summed E-state index contributed by atoms with van der Waals surface area (Å²) < 4.78 is 5.21. The normalized spacial score (nSPS) is 10.6. The van der Waals surface area contributed by atoms with E-state index in [1.54, 1.807) is 45.0 Å². The van der Waals surface area contributed by atoms with Crippen molar-refractivity contribution in [2.45, 2.75) is 32.8 Å². The first-order chi connectivity index (χ1) is 9.83. The second-order valence-corrected chi connectivity index (χ2v) is 5.60. The lowest BCUT2D eigenvalue weighted by Gasteiger charge is -2.25. The highest BCUT2D eigenvalue weighted by molar-refractivity contribution is 5.96. The Hall–Kier alpha value is -2.35. The molecule has 0 atom stereocenters. The van der Waals surface area contributed by atoms with Crippen LogP contribution >= 0.6 is 0 Å². The molecule has 0 aliphatic rings. The average Bonchev–Trinajstić information content (AvgIpc) is 2.42. The first-order valence-electron chi connectivity index (χ1n) is 6.76. The van der Waals surface area contributed by atoms with Crippen molar-refractivity contribution < 1.29 is 14.3 Å². The molecular weight excluding hydrogens is 268 g/mol. The van der Waals surface area contributed by atoms with Gasteiger partial charge in [-0.15, -0.1) is 0 Å². The summed E-state index contributed by atoms with van der Waals surface area (Å²) in [6, 6.07) is 10.8. The van der Waals surface area contributed by atoms with Gasteiger partial charge in [0, 0.05) is 18.5 Å². The Balaban J connectivity index is 2.61. The van der Waals surface area contributed by atoms with E-state index in [2.05, 4.69) is 0 Å². The summed E-state index contributed by atoms with van der Waals surface area (Å²) in [6.07, 6.45) is -0.421. The van der Waals surface area contributed by atoms with Gasteiger partial charge in [-0.1, -0.05) is 30.3 Å². The molecule has 0 heterocycles. The molecule has 1 amide bonds. The number of carbonyl (C=O) groups excluding carboxylic acids is 2. The number of hydrogen-bond acceptors (Lipinski definition) is 4. The largest absolute Gasteiger partial charge is 0.444 e. The van der Waals surface area contributed by atoms with E-state index in [1.165, 1.54) is 4.90 Å². The van der Waals surface area contributed by atoms with Crippen LogP contribution in [-0.4, -0.2) is 35.5 Å². The highest BCUT2D eigenvalue weighted by Gasteiger charge is 2.22. The lowest BCUT2D eigenvalue weighted by atomic mass is 10.1. The highest BCUT2D eigenvalue weighted by Crippen LogP contribution is 2.11. The van der Waals surface area contributed by atoms with E-state index < -0.39 is 11.7 Å². The van der Waals surface area contributed by atoms with Gasteiger partial charge in [0.05, 0.1) is 6.07 Å². The molecule has 1 aromatic rings. The van der Waals surface area contributed by atoms with Crippen LogP contribution in [0, 0.1) is 11.3 Å². The van der Waals surface area contributed by atoms with Crippen LogP contribution < -0.4 is 0 Å². The first kappa shape index (κ1) is 16.7. The predicted octanol–water partition coefficient (Wildman–Crippen LogP) is 3.02. The lowest BCUT2D eigenvalue weighted by Crippen LogP contribution is -2.38. The van der Waals surface area contributed by atoms with Crippen LogP contribution in [0.4, 0.5) is 4.79 Å². The van der Waals surface area contributed by atoms with E-state index in [-0.39, 0.29) is 25.3 Å². The van der Waals surface area contributed by atoms with Crippen molar-refractivity contribution in [3.63, 3.8) is 0 Å². The zero-order valence-electron chi connectivity index (χ0n) is 12.6. The number of benzene rings is 1. The zero-order valence-corrected chi connectivity index (χ0v) is 12.6. The number of nitriles is 1. The Morgan fingerprint density at radius 3 is 2.38 bits per heavy atom. The molecule has 0 aliphatic heterocycles. The van der Waals surface area contributed by atoms with Crippen molar-refractivity contribution in [3.8, 4) is 6.07 Å². The fourth-order valence-corrected chi connectivity index (χ4v) is 1.65. The molecule has 0 bridgehead atoms. The van der Waals surface area contributed by atoms with E-state index in [0.717, 1.165) is 0 Å². The molecule has 0 fully saturated rings. The maximum atomic E-state index is 12.0. The van der Waals surface area contributed by atoms with Crippen molar-refractivity contribution in [3.05, 3.63) is 35.9 Å². The Kier molecular flexibility index (Phi) is 5.92. The summed E-state index contributed by atoms with van der Waals surface area (Å²) in [4.78, 5) is 25.2. The summed E-state index contributed by atoms with van der Waals surface area (Å²) in [5.74, 6) is -0.0675. The fraction of sp³-hybridized carbons (Fsp3) is 0.438. The SMILES string of the molecule is CC(C)(C)OC(=O)N(CC#N)CCC(=O)c1ccccc1. The van der Waals surface area contributed by atoms with Gasteiger partial charge in [-0.25, -0.2) is 4.79 Å². The molecule has 0 spiro atoms. The second kappa shape index (κ2) is 7.44. The first-order valence-corrected chi connectivity index (χ1v) is 6.76. The van der Waals surface area contributed by atoms with Gasteiger partial charge < -0.3 is 4.74 Å². The van der Waals surface area contributed by atoms with Gasteiger partial charge in [-0.05, 0) is 20.8 Å². The van der Waals surface area contributed by atoms with Gasteiger partial charge in [0.2, 0.25) is 0 Å². The highest BCUT2D eigenvalue weighted by atomic mass is 16.6. The number of ether oxygens (including phenoxy) is 1. The maximum absolute atomic E-state index is 12.0. The standard InChI is InChI=1S/C16H20N2O3/c1-16(2,3)21-15(20)18(12-10-17)11-9-14(19)13-7-5-4-6-8-13/h4-8H,9,11-12H2,1-3H3. The molecule has 5 heteroatoms. The smallest absolute Gasteiger partial charge is 0.411 e. The molecule has 0 radical (unpaired) electrons. The van der Waals surface area contributed by atoms with E-state index in [0.29, 0.717) is 5.56 Å². The summed E-state index contributed by atoms with van der Waals surface area (Å²) in [7, 11) is 0. The van der Waals surface area contributed by atoms with Crippen molar-refractivity contribution in [2.75, 3.05) is 13.1 Å². The summed E-state index contributed by atoms with van der Waals surface area (Å²) in [5, 5.41) is 8.78. The Labute approximate surface area is 125 Å². The van der Waals surface area contributed by atoms with Crippen LogP contribution in [0.3, 0.4) is 0 Å². The zero-order chi connectivity index (χ0) is 15.9. The van der Waals surface area contributed by atoms with E-state index in [1.807, 2.05) is 12.1 Å². The van der Waals surface area contributed by atoms with Crippen molar-refractivity contribution in [1.82, 2.24) is 4.90 Å². The minimum atomic E-state index is -0.631. The molecule has 5 nitrogen and oxygen atoms in total. The maximum Gasteiger partial charge on any atom is 0.411 e. The number of hydrogen-bond donors (Lipinski definition) is 0. The van der Waals surface area contributed by atoms with Crippen LogP contribution in [0.5, 0.6) is 0 Å². The molecule has 0 saturated carbocycles. The minimum absolute atomic E-state index is 0.0675. The molecule has 0 aliphatic carbocycles. The number of rotatable bonds is 5. The van der Waals surface area contributed by atoms with Crippen molar-refractivity contribution >= 4 is 11.9 Å². The summed E-state index contributed by atoms with van der Waals surface area (Å²) in [5.41, 5.74) is -0.0348.